The molecule has 0 aliphatic heterocycles. The highest BCUT2D eigenvalue weighted by atomic mass is 79.9. The molecule has 0 atom stereocenters. The summed E-state index contributed by atoms with van der Waals surface area (Å²) in [6, 6.07) is 10.7. The zero-order chi connectivity index (χ0) is 24.9. The van der Waals surface area contributed by atoms with Crippen LogP contribution in [0, 0.1) is 13.8 Å². The summed E-state index contributed by atoms with van der Waals surface area (Å²) in [4.78, 5) is 20.1. The molecule has 12 heteroatoms. The van der Waals surface area contributed by atoms with E-state index in [1.807, 2.05) is 26.0 Å². The lowest BCUT2D eigenvalue weighted by Gasteiger charge is -2.13. The van der Waals surface area contributed by atoms with Crippen LogP contribution in [0.1, 0.15) is 11.1 Å². The fourth-order valence-corrected chi connectivity index (χ4v) is 4.70. The fraction of sp³-hybridized carbons (Fsp3) is 0.227. The van der Waals surface area contributed by atoms with E-state index in [2.05, 4.69) is 35.9 Å². The van der Waals surface area contributed by atoms with Gasteiger partial charge in [-0.15, -0.1) is 0 Å². The van der Waals surface area contributed by atoms with E-state index in [1.54, 1.807) is 0 Å². The van der Waals surface area contributed by atoms with E-state index in [-0.39, 0.29) is 35.1 Å². The molecule has 0 saturated heterocycles. The van der Waals surface area contributed by atoms with Gasteiger partial charge in [0.1, 0.15) is 5.75 Å². The number of hydrogen-bond acceptors (Lipinski definition) is 8. The van der Waals surface area contributed by atoms with Crippen LogP contribution in [-0.2, 0) is 14.8 Å². The number of carbonyl (C=O) groups is 1. The number of benzene rings is 2. The van der Waals surface area contributed by atoms with Crippen LogP contribution in [0.5, 0.6) is 17.6 Å². The summed E-state index contributed by atoms with van der Waals surface area (Å²) in [6.45, 7) is 3.60. The quantitative estimate of drug-likeness (QED) is 0.412. The monoisotopic (exact) mass is 550 g/mol. The Morgan fingerprint density at radius 2 is 1.65 bits per heavy atom. The van der Waals surface area contributed by atoms with Crippen molar-refractivity contribution >= 4 is 43.4 Å². The predicted octanol–water partition coefficient (Wildman–Crippen LogP) is 3.69. The normalized spacial score (nSPS) is 11.0. The molecule has 3 aromatic rings. The van der Waals surface area contributed by atoms with Crippen LogP contribution in [0.15, 0.2) is 51.8 Å². The molecule has 0 radical (unpaired) electrons. The van der Waals surface area contributed by atoms with Gasteiger partial charge in [-0.1, -0.05) is 15.9 Å². The molecule has 10 nitrogen and oxygen atoms in total. The molecule has 0 bridgehead atoms. The van der Waals surface area contributed by atoms with Crippen molar-refractivity contribution < 1.29 is 27.4 Å². The van der Waals surface area contributed by atoms with E-state index in [1.165, 1.54) is 44.6 Å². The molecule has 3 rings (SSSR count). The van der Waals surface area contributed by atoms with Crippen LogP contribution < -0.4 is 24.2 Å². The van der Waals surface area contributed by atoms with Gasteiger partial charge >= 0.3 is 6.01 Å². The van der Waals surface area contributed by atoms with Gasteiger partial charge in [0, 0.05) is 16.2 Å². The Hall–Kier alpha value is -3.38. The number of aryl methyl sites for hydroxylation is 2. The van der Waals surface area contributed by atoms with Crippen molar-refractivity contribution in [1.82, 2.24) is 9.97 Å². The number of carbonyl (C=O) groups excluding carboxylic acids is 1. The zero-order valence-electron chi connectivity index (χ0n) is 18.9. The van der Waals surface area contributed by atoms with Crippen LogP contribution >= 0.6 is 15.9 Å². The Labute approximate surface area is 205 Å². The van der Waals surface area contributed by atoms with Crippen LogP contribution in [0.2, 0.25) is 0 Å². The maximum atomic E-state index is 12.7. The van der Waals surface area contributed by atoms with Crippen LogP contribution in [0.25, 0.3) is 0 Å². The Balaban J connectivity index is 1.65. The number of nitrogens with zero attached hydrogens (tertiary/aromatic N) is 2. The molecule has 1 amide bonds. The van der Waals surface area contributed by atoms with E-state index in [0.717, 1.165) is 15.6 Å². The van der Waals surface area contributed by atoms with Crippen LogP contribution in [-0.4, -0.2) is 45.1 Å². The maximum absolute atomic E-state index is 12.7. The van der Waals surface area contributed by atoms with Gasteiger partial charge in [-0.2, -0.15) is 9.97 Å². The van der Waals surface area contributed by atoms with Crippen molar-refractivity contribution in [3.63, 3.8) is 0 Å². The largest absolute Gasteiger partial charge is 0.483 e. The second-order valence-corrected chi connectivity index (χ2v) is 9.72. The molecular formula is C22H23BrN4O6S. The van der Waals surface area contributed by atoms with Crippen molar-refractivity contribution in [1.29, 1.82) is 0 Å². The number of amides is 1. The topological polar surface area (TPSA) is 129 Å². The second-order valence-electron chi connectivity index (χ2n) is 7.12. The summed E-state index contributed by atoms with van der Waals surface area (Å²) in [5, 5.41) is 2.68. The van der Waals surface area contributed by atoms with Crippen LogP contribution in [0.4, 0.5) is 11.5 Å². The molecule has 0 aliphatic rings. The number of ether oxygens (including phenoxy) is 3. The highest BCUT2D eigenvalue weighted by Crippen LogP contribution is 2.27. The molecule has 34 heavy (non-hydrogen) atoms. The van der Waals surface area contributed by atoms with Crippen molar-refractivity contribution in [3.05, 3.63) is 58.1 Å². The number of halogens is 1. The molecule has 0 spiro atoms. The fourth-order valence-electron chi connectivity index (χ4n) is 3.03. The highest BCUT2D eigenvalue weighted by Gasteiger charge is 2.17. The van der Waals surface area contributed by atoms with Crippen molar-refractivity contribution in [2.75, 3.05) is 30.9 Å². The third kappa shape index (κ3) is 6.35. The number of nitrogens with one attached hydrogen (secondary N) is 2. The van der Waals surface area contributed by atoms with Crippen molar-refractivity contribution in [3.8, 4) is 17.6 Å². The molecular weight excluding hydrogens is 528 g/mol. The molecule has 0 saturated carbocycles. The molecule has 2 aromatic carbocycles. The summed E-state index contributed by atoms with van der Waals surface area (Å²) < 4.78 is 44.3. The van der Waals surface area contributed by atoms with Gasteiger partial charge in [0.25, 0.3) is 15.9 Å². The minimum atomic E-state index is -3.96. The lowest BCUT2D eigenvalue weighted by molar-refractivity contribution is -0.118. The number of sulfonamides is 1. The minimum Gasteiger partial charge on any atom is -0.483 e. The minimum absolute atomic E-state index is 0.0169. The summed E-state index contributed by atoms with van der Waals surface area (Å²) >= 11 is 3.42. The third-order valence-corrected chi connectivity index (χ3v) is 6.36. The Morgan fingerprint density at radius 3 is 2.24 bits per heavy atom. The lowest BCUT2D eigenvalue weighted by Crippen LogP contribution is -2.21. The number of anilines is 2. The third-order valence-electron chi connectivity index (χ3n) is 4.53. The Morgan fingerprint density at radius 1 is 1.00 bits per heavy atom. The molecule has 1 heterocycles. The van der Waals surface area contributed by atoms with Crippen molar-refractivity contribution in [2.24, 2.45) is 0 Å². The van der Waals surface area contributed by atoms with Gasteiger partial charge in [0.2, 0.25) is 5.88 Å². The lowest BCUT2D eigenvalue weighted by atomic mass is 10.1. The summed E-state index contributed by atoms with van der Waals surface area (Å²) in [7, 11) is -1.22. The predicted molar refractivity (Wildman–Crippen MR) is 130 cm³/mol. The summed E-state index contributed by atoms with van der Waals surface area (Å²) in [6.07, 6.45) is 0. The number of methoxy groups -OCH3 is 2. The Bertz CT molecular complexity index is 1250. The first kappa shape index (κ1) is 25.2. The van der Waals surface area contributed by atoms with Gasteiger partial charge in [-0.05, 0) is 61.4 Å². The second kappa shape index (κ2) is 10.7. The van der Waals surface area contributed by atoms with E-state index in [4.69, 9.17) is 14.2 Å². The summed E-state index contributed by atoms with van der Waals surface area (Å²) in [5.74, 6) is 0.384. The molecule has 2 N–H and O–H groups in total. The van der Waals surface area contributed by atoms with E-state index < -0.39 is 10.0 Å². The van der Waals surface area contributed by atoms with Gasteiger partial charge in [-0.3, -0.25) is 9.52 Å². The highest BCUT2D eigenvalue weighted by molar-refractivity contribution is 9.10. The number of aromatic nitrogens is 2. The smallest absolute Gasteiger partial charge is 0.321 e. The average molecular weight is 551 g/mol. The standard InChI is InChI=1S/C22H23BrN4O6S/c1-13-9-15(23)10-14(2)21(13)33-12-19(28)24-16-5-7-17(8-6-16)34(29,30)27-18-11-20(31-3)26-22(25-18)32-4/h5-11H,12H2,1-4H3,(H,24,28)(H,25,26,27). The van der Waals surface area contributed by atoms with Crippen molar-refractivity contribution in [2.45, 2.75) is 18.7 Å². The Kier molecular flexibility index (Phi) is 7.94. The van der Waals surface area contributed by atoms with E-state index in [0.29, 0.717) is 11.4 Å². The maximum Gasteiger partial charge on any atom is 0.321 e. The van der Waals surface area contributed by atoms with E-state index in [9.17, 15) is 13.2 Å². The van der Waals surface area contributed by atoms with Crippen LogP contribution in [0.3, 0.4) is 0 Å². The first-order valence-electron chi connectivity index (χ1n) is 9.90. The van der Waals surface area contributed by atoms with E-state index >= 15 is 0 Å². The molecule has 0 unspecified atom stereocenters. The summed E-state index contributed by atoms with van der Waals surface area (Å²) in [5.41, 5.74) is 2.23. The van der Waals surface area contributed by atoms with Gasteiger partial charge in [0.15, 0.2) is 12.4 Å². The molecule has 1 aromatic heterocycles. The molecule has 0 aliphatic carbocycles. The first-order valence-corrected chi connectivity index (χ1v) is 12.2. The first-order chi connectivity index (χ1) is 16.1. The van der Waals surface area contributed by atoms with Gasteiger partial charge in [0.05, 0.1) is 19.1 Å². The SMILES string of the molecule is COc1cc(NS(=O)(=O)c2ccc(NC(=O)COc3c(C)cc(Br)cc3C)cc2)nc(OC)n1. The molecule has 0 fully saturated rings. The average Bonchev–Trinajstić information content (AvgIpc) is 2.78. The molecule has 180 valence electrons. The number of hydrogen-bond donors (Lipinski definition) is 2. The number of rotatable bonds is 9. The zero-order valence-corrected chi connectivity index (χ0v) is 21.3. The van der Waals surface area contributed by atoms with Gasteiger partial charge < -0.3 is 19.5 Å². The van der Waals surface area contributed by atoms with Gasteiger partial charge in [-0.25, -0.2) is 8.42 Å².